The molecule has 0 aromatic heterocycles. The molecule has 3 aromatic rings. The van der Waals surface area contributed by atoms with Crippen LogP contribution in [-0.4, -0.2) is 31.4 Å². The average Bonchev–Trinajstić information content (AvgIpc) is 2.86. The van der Waals surface area contributed by atoms with E-state index >= 15 is 0 Å². The Kier molecular flexibility index (Phi) is 9.63. The van der Waals surface area contributed by atoms with E-state index in [1.54, 1.807) is 6.07 Å². The topological polar surface area (TPSA) is 91.4 Å². The van der Waals surface area contributed by atoms with Gasteiger partial charge in [0.2, 0.25) is 5.91 Å². The predicted molar refractivity (Wildman–Crippen MR) is 144 cm³/mol. The van der Waals surface area contributed by atoms with Crippen molar-refractivity contribution in [2.45, 2.75) is 26.4 Å². The van der Waals surface area contributed by atoms with Crippen LogP contribution in [0.2, 0.25) is 0 Å². The Labute approximate surface area is 207 Å². The number of nitrogens with zero attached hydrogens (tertiary/aromatic N) is 1. The van der Waals surface area contributed by atoms with Crippen LogP contribution in [0, 0.1) is 5.41 Å². The molecule has 4 N–H and O–H groups in total. The minimum absolute atomic E-state index is 0.00801. The van der Waals surface area contributed by atoms with Crippen molar-refractivity contribution in [1.29, 1.82) is 5.41 Å². The molecule has 3 aromatic carbocycles. The smallest absolute Gasteiger partial charge is 0.243 e. The molecular formula is C29H34N4O2. The Balaban J connectivity index is 1.62. The van der Waals surface area contributed by atoms with Crippen LogP contribution >= 0.6 is 0 Å². The van der Waals surface area contributed by atoms with Crippen LogP contribution < -0.4 is 16.0 Å². The summed E-state index contributed by atoms with van der Waals surface area (Å²) in [6, 6.07) is 25.3. The van der Waals surface area contributed by atoms with Crippen molar-refractivity contribution in [2.75, 3.05) is 29.9 Å². The molecule has 0 aliphatic heterocycles. The molecule has 0 atom stereocenters. The van der Waals surface area contributed by atoms with Gasteiger partial charge in [-0.1, -0.05) is 80.6 Å². The lowest BCUT2D eigenvalue weighted by Crippen LogP contribution is -2.33. The molecule has 35 heavy (non-hydrogen) atoms. The zero-order chi connectivity index (χ0) is 25.0. The van der Waals surface area contributed by atoms with E-state index in [2.05, 4.69) is 19.2 Å². The van der Waals surface area contributed by atoms with Crippen LogP contribution in [-0.2, 0) is 16.1 Å². The summed E-state index contributed by atoms with van der Waals surface area (Å²) in [6.45, 7) is 5.97. The van der Waals surface area contributed by atoms with Crippen molar-refractivity contribution in [3.05, 3.63) is 108 Å². The summed E-state index contributed by atoms with van der Waals surface area (Å²) in [4.78, 5) is 14.8. The van der Waals surface area contributed by atoms with Crippen LogP contribution in [0.1, 0.15) is 36.5 Å². The Hall–Kier alpha value is -3.90. The molecular weight excluding hydrogens is 436 g/mol. The summed E-state index contributed by atoms with van der Waals surface area (Å²) in [7, 11) is 0. The molecule has 0 spiro atoms. The molecule has 0 saturated heterocycles. The van der Waals surface area contributed by atoms with Gasteiger partial charge in [0, 0.05) is 23.5 Å². The van der Waals surface area contributed by atoms with E-state index in [4.69, 9.17) is 15.9 Å². The number of nitrogens with two attached hydrogens (primary N) is 1. The van der Waals surface area contributed by atoms with Crippen LogP contribution in [0.15, 0.2) is 91.0 Å². The highest BCUT2D eigenvalue weighted by Crippen LogP contribution is 2.19. The highest BCUT2D eigenvalue weighted by molar-refractivity contribution is 5.97. The summed E-state index contributed by atoms with van der Waals surface area (Å²) in [5, 5.41) is 10.7. The number of nitrogen functional groups attached to an aromatic ring is 1. The molecule has 6 nitrogen and oxygen atoms in total. The van der Waals surface area contributed by atoms with Crippen molar-refractivity contribution in [3.8, 4) is 0 Å². The van der Waals surface area contributed by atoms with Gasteiger partial charge in [-0.2, -0.15) is 0 Å². The van der Waals surface area contributed by atoms with Gasteiger partial charge < -0.3 is 20.7 Å². The zero-order valence-electron chi connectivity index (χ0n) is 20.4. The van der Waals surface area contributed by atoms with E-state index in [9.17, 15) is 4.79 Å². The molecule has 0 unspecified atom stereocenters. The number of hydrogen-bond donors (Lipinski definition) is 3. The lowest BCUT2D eigenvalue weighted by molar-refractivity contribution is -0.115. The summed E-state index contributed by atoms with van der Waals surface area (Å²) in [5.41, 5.74) is 10.2. The highest BCUT2D eigenvalue weighted by atomic mass is 16.5. The molecule has 0 fully saturated rings. The molecule has 0 saturated carbocycles. The lowest BCUT2D eigenvalue weighted by Gasteiger charge is -2.23. The number of carbonyl (C=O) groups is 1. The normalized spacial score (nSPS) is 11.1. The molecule has 0 aliphatic carbocycles. The van der Waals surface area contributed by atoms with Gasteiger partial charge in [0.1, 0.15) is 5.84 Å². The maximum absolute atomic E-state index is 12.9. The monoisotopic (exact) mass is 470 g/mol. The third kappa shape index (κ3) is 8.43. The minimum Gasteiger partial charge on any atom is -0.384 e. The van der Waals surface area contributed by atoms with Gasteiger partial charge in [-0.15, -0.1) is 0 Å². The molecule has 0 radical (unpaired) electrons. The van der Waals surface area contributed by atoms with Crippen LogP contribution in [0.5, 0.6) is 0 Å². The number of benzene rings is 3. The number of ether oxygens (including phenoxy) is 1. The first-order chi connectivity index (χ1) is 16.9. The third-order valence-corrected chi connectivity index (χ3v) is 5.54. The molecule has 1 amide bonds. The molecule has 0 aliphatic rings. The molecule has 182 valence electrons. The van der Waals surface area contributed by atoms with Gasteiger partial charge in [0.25, 0.3) is 0 Å². The van der Waals surface area contributed by atoms with E-state index in [0.29, 0.717) is 31.2 Å². The number of nitrogens with one attached hydrogen (secondary N) is 2. The van der Waals surface area contributed by atoms with Crippen molar-refractivity contribution in [2.24, 2.45) is 5.73 Å². The van der Waals surface area contributed by atoms with E-state index in [0.717, 1.165) is 16.9 Å². The Bertz CT molecular complexity index is 1120. The average molecular weight is 471 g/mol. The van der Waals surface area contributed by atoms with Crippen molar-refractivity contribution < 1.29 is 9.53 Å². The summed E-state index contributed by atoms with van der Waals surface area (Å²) in [5.74, 6) is 0.308. The van der Waals surface area contributed by atoms with Crippen LogP contribution in [0.3, 0.4) is 0 Å². The van der Waals surface area contributed by atoms with E-state index in [-0.39, 0.29) is 18.3 Å². The van der Waals surface area contributed by atoms with Gasteiger partial charge in [0.15, 0.2) is 0 Å². The standard InChI is InChI=1S/C29H34N4O2/c1-22(2)24-13-15-26(16-14-24)32-28(34)20-33(27-12-8-11-25(19-27)29(30)31)17-6-7-18-35-21-23-9-4-3-5-10-23/h3-16,19,22H,17-18,20-21H2,1-2H3,(H3,30,31)(H,32,34). The molecule has 0 heterocycles. The summed E-state index contributed by atoms with van der Waals surface area (Å²) in [6.07, 6.45) is 3.93. The number of amides is 1. The first-order valence-electron chi connectivity index (χ1n) is 11.8. The number of carbonyl (C=O) groups excluding carboxylic acids is 1. The summed E-state index contributed by atoms with van der Waals surface area (Å²) >= 11 is 0. The second-order valence-electron chi connectivity index (χ2n) is 8.64. The van der Waals surface area contributed by atoms with E-state index < -0.39 is 0 Å². The minimum atomic E-state index is -0.121. The SMILES string of the molecule is CC(C)c1ccc(NC(=O)CN(CC=CCOCc2ccccc2)c2cccc(C(=N)N)c2)cc1. The number of anilines is 2. The fourth-order valence-corrected chi connectivity index (χ4v) is 3.55. The fourth-order valence-electron chi connectivity index (χ4n) is 3.55. The Morgan fingerprint density at radius 3 is 2.46 bits per heavy atom. The van der Waals surface area contributed by atoms with Gasteiger partial charge >= 0.3 is 0 Å². The van der Waals surface area contributed by atoms with Crippen molar-refractivity contribution in [1.82, 2.24) is 0 Å². The van der Waals surface area contributed by atoms with Crippen molar-refractivity contribution >= 4 is 23.1 Å². The van der Waals surface area contributed by atoms with Gasteiger partial charge in [-0.25, -0.2) is 0 Å². The van der Waals surface area contributed by atoms with Crippen LogP contribution in [0.4, 0.5) is 11.4 Å². The highest BCUT2D eigenvalue weighted by Gasteiger charge is 2.12. The molecule has 0 bridgehead atoms. The first-order valence-corrected chi connectivity index (χ1v) is 11.8. The summed E-state index contributed by atoms with van der Waals surface area (Å²) < 4.78 is 5.71. The Morgan fingerprint density at radius 1 is 1.03 bits per heavy atom. The number of amidine groups is 1. The molecule has 3 rings (SSSR count). The largest absolute Gasteiger partial charge is 0.384 e. The van der Waals surface area contributed by atoms with Gasteiger partial charge in [-0.3, -0.25) is 10.2 Å². The van der Waals surface area contributed by atoms with E-state index in [1.165, 1.54) is 5.56 Å². The quantitative estimate of drug-likeness (QED) is 0.145. The molecule has 6 heteroatoms. The maximum atomic E-state index is 12.9. The first kappa shape index (κ1) is 25.7. The predicted octanol–water partition coefficient (Wildman–Crippen LogP) is 5.31. The van der Waals surface area contributed by atoms with Gasteiger partial charge in [0.05, 0.1) is 19.8 Å². The third-order valence-electron chi connectivity index (χ3n) is 5.54. The van der Waals surface area contributed by atoms with Crippen LogP contribution in [0.25, 0.3) is 0 Å². The number of hydrogen-bond acceptors (Lipinski definition) is 4. The van der Waals surface area contributed by atoms with E-state index in [1.807, 2.05) is 89.8 Å². The second kappa shape index (κ2) is 13.1. The number of rotatable bonds is 12. The second-order valence-corrected chi connectivity index (χ2v) is 8.64. The lowest BCUT2D eigenvalue weighted by atomic mass is 10.0. The van der Waals surface area contributed by atoms with Gasteiger partial charge in [-0.05, 0) is 41.3 Å². The zero-order valence-corrected chi connectivity index (χ0v) is 20.4. The Morgan fingerprint density at radius 2 is 1.77 bits per heavy atom. The van der Waals surface area contributed by atoms with Crippen molar-refractivity contribution in [3.63, 3.8) is 0 Å². The fraction of sp³-hybridized carbons (Fsp3) is 0.241. The maximum Gasteiger partial charge on any atom is 0.243 e.